The molecule has 0 radical (unpaired) electrons. The van der Waals surface area contributed by atoms with Crippen LogP contribution in [0.15, 0.2) is 29.3 Å². The predicted molar refractivity (Wildman–Crippen MR) is 83.8 cm³/mol. The van der Waals surface area contributed by atoms with E-state index < -0.39 is 0 Å². The van der Waals surface area contributed by atoms with Crippen molar-refractivity contribution in [2.75, 3.05) is 6.54 Å². The molecule has 0 spiro atoms. The summed E-state index contributed by atoms with van der Waals surface area (Å²) in [5, 5.41) is 0. The third-order valence-electron chi connectivity index (χ3n) is 5.06. The summed E-state index contributed by atoms with van der Waals surface area (Å²) in [6, 6.07) is 6.73. The number of aliphatic imine (C=N–C) groups is 1. The Bertz CT molecular complexity index is 498. The highest BCUT2D eigenvalue weighted by molar-refractivity contribution is 6.02. The van der Waals surface area contributed by atoms with E-state index in [9.17, 15) is 4.39 Å². The van der Waals surface area contributed by atoms with Crippen LogP contribution in [0.1, 0.15) is 53.5 Å². The Hall–Kier alpha value is -1.18. The Morgan fingerprint density at radius 2 is 1.45 bits per heavy atom. The number of halogens is 1. The normalized spacial score (nSPS) is 19.1. The van der Waals surface area contributed by atoms with Gasteiger partial charge in [0.25, 0.3) is 0 Å². The number of hydrogen-bond donors (Lipinski definition) is 0. The van der Waals surface area contributed by atoms with Gasteiger partial charge in [0, 0.05) is 17.7 Å². The van der Waals surface area contributed by atoms with Gasteiger partial charge < -0.3 is 0 Å². The molecule has 2 rings (SSSR count). The zero-order valence-corrected chi connectivity index (χ0v) is 13.5. The molecule has 1 aliphatic rings. The van der Waals surface area contributed by atoms with Gasteiger partial charge in [-0.15, -0.1) is 0 Å². The summed E-state index contributed by atoms with van der Waals surface area (Å²) in [4.78, 5) is 4.82. The Balaban J connectivity index is 2.34. The minimum absolute atomic E-state index is 0.143. The topological polar surface area (TPSA) is 12.4 Å². The molecule has 0 saturated carbocycles. The van der Waals surface area contributed by atoms with Crippen molar-refractivity contribution in [2.24, 2.45) is 21.2 Å². The van der Waals surface area contributed by atoms with Crippen molar-refractivity contribution in [3.63, 3.8) is 0 Å². The van der Waals surface area contributed by atoms with Crippen molar-refractivity contribution >= 4 is 5.71 Å². The molecule has 0 bridgehead atoms. The van der Waals surface area contributed by atoms with Crippen LogP contribution in [0.2, 0.25) is 0 Å². The summed E-state index contributed by atoms with van der Waals surface area (Å²) in [5.74, 6) is -0.190. The van der Waals surface area contributed by atoms with Crippen molar-refractivity contribution in [1.29, 1.82) is 0 Å². The Morgan fingerprint density at radius 1 is 0.950 bits per heavy atom. The van der Waals surface area contributed by atoms with Gasteiger partial charge in [0.2, 0.25) is 0 Å². The minimum Gasteiger partial charge on any atom is -0.288 e. The highest BCUT2D eigenvalue weighted by Gasteiger charge is 2.53. The highest BCUT2D eigenvalue weighted by atomic mass is 19.1. The molecule has 110 valence electrons. The van der Waals surface area contributed by atoms with Gasteiger partial charge in [-0.3, -0.25) is 4.99 Å². The fraction of sp³-hybridized carbons (Fsp3) is 0.611. The van der Waals surface area contributed by atoms with Crippen LogP contribution in [-0.2, 0) is 0 Å². The van der Waals surface area contributed by atoms with Gasteiger partial charge in [-0.05, 0) is 34.9 Å². The first-order chi connectivity index (χ1) is 9.07. The van der Waals surface area contributed by atoms with Crippen LogP contribution >= 0.6 is 0 Å². The van der Waals surface area contributed by atoms with Gasteiger partial charge in [-0.2, -0.15) is 0 Å². The summed E-state index contributed by atoms with van der Waals surface area (Å²) in [5.41, 5.74) is 2.67. The molecule has 1 heterocycles. The van der Waals surface area contributed by atoms with E-state index in [0.717, 1.165) is 24.2 Å². The van der Waals surface area contributed by atoms with Gasteiger partial charge in [-0.25, -0.2) is 4.39 Å². The molecule has 0 unspecified atom stereocenters. The van der Waals surface area contributed by atoms with E-state index in [1.54, 1.807) is 0 Å². The lowest BCUT2D eigenvalue weighted by atomic mass is 9.53. The second-order valence-corrected chi connectivity index (χ2v) is 8.03. The summed E-state index contributed by atoms with van der Waals surface area (Å²) in [7, 11) is 0. The van der Waals surface area contributed by atoms with Crippen LogP contribution in [0.5, 0.6) is 0 Å². The van der Waals surface area contributed by atoms with Crippen LogP contribution < -0.4 is 0 Å². The Morgan fingerprint density at radius 3 is 1.85 bits per heavy atom. The van der Waals surface area contributed by atoms with Crippen LogP contribution in [0.4, 0.5) is 4.39 Å². The third kappa shape index (κ3) is 2.41. The second-order valence-electron chi connectivity index (χ2n) is 8.03. The van der Waals surface area contributed by atoms with Crippen molar-refractivity contribution in [1.82, 2.24) is 0 Å². The molecule has 0 aromatic heterocycles. The summed E-state index contributed by atoms with van der Waals surface area (Å²) in [6.45, 7) is 14.7. The van der Waals surface area contributed by atoms with Crippen LogP contribution in [0.3, 0.4) is 0 Å². The van der Waals surface area contributed by atoms with E-state index in [0.29, 0.717) is 0 Å². The van der Waals surface area contributed by atoms with Crippen LogP contribution in [0.25, 0.3) is 0 Å². The van der Waals surface area contributed by atoms with Gasteiger partial charge in [0.05, 0.1) is 0 Å². The van der Waals surface area contributed by atoms with Crippen molar-refractivity contribution in [3.8, 4) is 0 Å². The predicted octanol–water partition coefficient (Wildman–Crippen LogP) is 5.10. The zero-order valence-electron chi connectivity index (χ0n) is 13.5. The monoisotopic (exact) mass is 275 g/mol. The number of rotatable bonds is 1. The molecular formula is C18H26FN. The number of benzene rings is 1. The minimum atomic E-state index is -0.190. The molecule has 1 aliphatic heterocycles. The fourth-order valence-corrected chi connectivity index (χ4v) is 3.59. The summed E-state index contributed by atoms with van der Waals surface area (Å²) < 4.78 is 13.1. The molecule has 0 saturated heterocycles. The van der Waals surface area contributed by atoms with E-state index in [2.05, 4.69) is 41.5 Å². The average molecular weight is 275 g/mol. The van der Waals surface area contributed by atoms with Gasteiger partial charge in [-0.1, -0.05) is 53.7 Å². The smallest absolute Gasteiger partial charge is 0.123 e. The molecule has 0 atom stereocenters. The summed E-state index contributed by atoms with van der Waals surface area (Å²) >= 11 is 0. The fourth-order valence-electron chi connectivity index (χ4n) is 3.59. The molecule has 0 fully saturated rings. The van der Waals surface area contributed by atoms with Crippen molar-refractivity contribution < 1.29 is 4.39 Å². The lowest BCUT2D eigenvalue weighted by molar-refractivity contribution is -0.00825. The molecule has 20 heavy (non-hydrogen) atoms. The van der Waals surface area contributed by atoms with Gasteiger partial charge in [0.1, 0.15) is 5.82 Å². The molecule has 0 amide bonds. The number of hydrogen-bond acceptors (Lipinski definition) is 1. The second kappa shape index (κ2) is 4.68. The van der Waals surface area contributed by atoms with E-state index >= 15 is 0 Å². The number of nitrogens with zero attached hydrogens (tertiary/aromatic N) is 1. The molecule has 1 nitrogen and oxygen atoms in total. The third-order valence-corrected chi connectivity index (χ3v) is 5.06. The maximum absolute atomic E-state index is 13.1. The quantitative estimate of drug-likeness (QED) is 0.676. The van der Waals surface area contributed by atoms with Crippen LogP contribution in [0, 0.1) is 22.1 Å². The first-order valence-corrected chi connectivity index (χ1v) is 7.36. The van der Waals surface area contributed by atoms with E-state index in [-0.39, 0.29) is 22.1 Å². The van der Waals surface area contributed by atoms with E-state index in [1.165, 1.54) is 12.1 Å². The van der Waals surface area contributed by atoms with Crippen molar-refractivity contribution in [3.05, 3.63) is 35.6 Å². The lowest BCUT2D eigenvalue weighted by Gasteiger charge is -2.51. The maximum Gasteiger partial charge on any atom is 0.123 e. The molecule has 0 aliphatic carbocycles. The first kappa shape index (κ1) is 15.2. The van der Waals surface area contributed by atoms with E-state index in [4.69, 9.17) is 4.99 Å². The Kier molecular flexibility index (Phi) is 3.56. The van der Waals surface area contributed by atoms with Gasteiger partial charge in [0.15, 0.2) is 0 Å². The largest absolute Gasteiger partial charge is 0.288 e. The highest BCUT2D eigenvalue weighted by Crippen LogP contribution is 2.56. The standard InChI is InChI=1S/C18H26FN/c1-16(2,3)18(17(4,5)6)11-15(20-12-18)13-7-9-14(19)10-8-13/h7-10H,11-12H2,1-6H3. The molecule has 1 aromatic carbocycles. The molecule has 1 aromatic rings. The Labute approximate surface area is 122 Å². The van der Waals surface area contributed by atoms with Crippen molar-refractivity contribution in [2.45, 2.75) is 48.0 Å². The lowest BCUT2D eigenvalue weighted by Crippen LogP contribution is -2.47. The SMILES string of the molecule is CC(C)(C)C1(C(C)(C)C)CN=C(c2ccc(F)cc2)C1. The molecular weight excluding hydrogens is 249 g/mol. The summed E-state index contributed by atoms with van der Waals surface area (Å²) in [6.07, 6.45) is 0.964. The van der Waals surface area contributed by atoms with E-state index in [1.807, 2.05) is 12.1 Å². The average Bonchev–Trinajstić information content (AvgIpc) is 2.74. The van der Waals surface area contributed by atoms with Gasteiger partial charge >= 0.3 is 0 Å². The first-order valence-electron chi connectivity index (χ1n) is 7.36. The maximum atomic E-state index is 13.1. The zero-order chi connectivity index (χ0) is 15.2. The molecule has 0 N–H and O–H groups in total. The van der Waals surface area contributed by atoms with Crippen LogP contribution in [-0.4, -0.2) is 12.3 Å². The molecule has 2 heteroatoms.